The van der Waals surface area contributed by atoms with Crippen LogP contribution in [-0.2, 0) is 4.79 Å². The molecule has 0 unspecified atom stereocenters. The number of nitrogens with one attached hydrogen (secondary N) is 1. The summed E-state index contributed by atoms with van der Waals surface area (Å²) in [5, 5.41) is 2.62. The molecule has 2 aromatic carbocycles. The van der Waals surface area contributed by atoms with Crippen LogP contribution in [0.2, 0.25) is 0 Å². The van der Waals surface area contributed by atoms with Crippen LogP contribution in [0, 0.1) is 5.82 Å². The van der Waals surface area contributed by atoms with E-state index in [1.807, 2.05) is 0 Å². The molecule has 0 saturated carbocycles. The van der Waals surface area contributed by atoms with Crippen LogP contribution in [0.4, 0.5) is 10.1 Å². The fourth-order valence-corrected chi connectivity index (χ4v) is 2.25. The van der Waals surface area contributed by atoms with E-state index in [9.17, 15) is 14.0 Å². The molecule has 0 bridgehead atoms. The molecule has 0 fully saturated rings. The molecule has 1 N–H and O–H groups in total. The molecule has 20 heavy (non-hydrogen) atoms. The number of hydrogen-bond acceptors (Lipinski definition) is 3. The quantitative estimate of drug-likeness (QED) is 0.678. The Morgan fingerprint density at radius 1 is 1.20 bits per heavy atom. The predicted molar refractivity (Wildman–Crippen MR) is 77.6 cm³/mol. The third-order valence-corrected chi connectivity index (χ3v) is 3.51. The monoisotopic (exact) mass is 289 g/mol. The molecule has 1 amide bonds. The van der Waals surface area contributed by atoms with Gasteiger partial charge in [-0.3, -0.25) is 9.59 Å². The second kappa shape index (κ2) is 6.86. The SMILES string of the molecule is O=Cc1ccc(SCC(=O)Nc2cccc(F)c2)cc1. The normalized spacial score (nSPS) is 10.1. The largest absolute Gasteiger partial charge is 0.325 e. The minimum Gasteiger partial charge on any atom is -0.325 e. The summed E-state index contributed by atoms with van der Waals surface area (Å²) in [6.07, 6.45) is 0.769. The van der Waals surface area contributed by atoms with Gasteiger partial charge in [0, 0.05) is 16.1 Å². The van der Waals surface area contributed by atoms with E-state index in [-0.39, 0.29) is 17.5 Å². The van der Waals surface area contributed by atoms with Gasteiger partial charge in [0.05, 0.1) is 5.75 Å². The Kier molecular flexibility index (Phi) is 4.90. The molecule has 0 atom stereocenters. The summed E-state index contributed by atoms with van der Waals surface area (Å²) in [5.41, 5.74) is 1.03. The lowest BCUT2D eigenvalue weighted by Crippen LogP contribution is -2.13. The highest BCUT2D eigenvalue weighted by Crippen LogP contribution is 2.18. The van der Waals surface area contributed by atoms with Crippen LogP contribution in [0.25, 0.3) is 0 Å². The maximum atomic E-state index is 13.0. The Bertz CT molecular complexity index is 614. The fourth-order valence-electron chi connectivity index (χ4n) is 1.55. The van der Waals surface area contributed by atoms with Gasteiger partial charge in [-0.15, -0.1) is 11.8 Å². The highest BCUT2D eigenvalue weighted by molar-refractivity contribution is 8.00. The molecule has 102 valence electrons. The van der Waals surface area contributed by atoms with Gasteiger partial charge >= 0.3 is 0 Å². The van der Waals surface area contributed by atoms with Crippen LogP contribution in [0.3, 0.4) is 0 Å². The summed E-state index contributed by atoms with van der Waals surface area (Å²) in [7, 11) is 0. The van der Waals surface area contributed by atoms with E-state index in [1.54, 1.807) is 30.3 Å². The first-order valence-corrected chi connectivity index (χ1v) is 6.89. The van der Waals surface area contributed by atoms with E-state index in [1.165, 1.54) is 30.0 Å². The van der Waals surface area contributed by atoms with Crippen LogP contribution in [-0.4, -0.2) is 17.9 Å². The van der Waals surface area contributed by atoms with Gasteiger partial charge < -0.3 is 5.32 Å². The smallest absolute Gasteiger partial charge is 0.234 e. The zero-order valence-corrected chi connectivity index (χ0v) is 11.3. The third kappa shape index (κ3) is 4.20. The molecule has 0 heterocycles. The van der Waals surface area contributed by atoms with Gasteiger partial charge in [0.25, 0.3) is 0 Å². The number of rotatable bonds is 5. The lowest BCUT2D eigenvalue weighted by Gasteiger charge is -2.05. The lowest BCUT2D eigenvalue weighted by molar-refractivity contribution is -0.113. The Hall–Kier alpha value is -2.14. The summed E-state index contributed by atoms with van der Waals surface area (Å²) >= 11 is 1.35. The van der Waals surface area contributed by atoms with E-state index in [0.717, 1.165) is 11.2 Å². The molecule has 0 saturated heterocycles. The fraction of sp³-hybridized carbons (Fsp3) is 0.0667. The highest BCUT2D eigenvalue weighted by Gasteiger charge is 2.04. The number of aldehydes is 1. The first-order valence-electron chi connectivity index (χ1n) is 5.91. The molecular formula is C15H12FNO2S. The van der Waals surface area contributed by atoms with Gasteiger partial charge in [-0.25, -0.2) is 4.39 Å². The van der Waals surface area contributed by atoms with Crippen molar-refractivity contribution in [1.82, 2.24) is 0 Å². The van der Waals surface area contributed by atoms with Crippen molar-refractivity contribution < 1.29 is 14.0 Å². The molecule has 0 spiro atoms. The molecule has 0 aliphatic heterocycles. The molecule has 0 aromatic heterocycles. The summed E-state index contributed by atoms with van der Waals surface area (Å²) in [6, 6.07) is 12.7. The molecule has 2 aromatic rings. The zero-order chi connectivity index (χ0) is 14.4. The molecule has 0 radical (unpaired) electrons. The van der Waals surface area contributed by atoms with Gasteiger partial charge in [0.1, 0.15) is 12.1 Å². The minimum absolute atomic E-state index is 0.208. The number of halogens is 1. The molecule has 5 heteroatoms. The van der Waals surface area contributed by atoms with Crippen molar-refractivity contribution in [2.75, 3.05) is 11.1 Å². The van der Waals surface area contributed by atoms with Crippen molar-refractivity contribution in [3.63, 3.8) is 0 Å². The van der Waals surface area contributed by atoms with E-state index in [2.05, 4.69) is 5.32 Å². The third-order valence-electron chi connectivity index (χ3n) is 2.49. The minimum atomic E-state index is -0.389. The number of benzene rings is 2. The lowest BCUT2D eigenvalue weighted by atomic mass is 10.2. The van der Waals surface area contributed by atoms with Gasteiger partial charge in [-0.05, 0) is 30.3 Å². The van der Waals surface area contributed by atoms with E-state index in [4.69, 9.17) is 0 Å². The Morgan fingerprint density at radius 2 is 1.95 bits per heavy atom. The first-order chi connectivity index (χ1) is 9.67. The maximum absolute atomic E-state index is 13.0. The molecule has 3 nitrogen and oxygen atoms in total. The topological polar surface area (TPSA) is 46.2 Å². The van der Waals surface area contributed by atoms with E-state index in [0.29, 0.717) is 11.3 Å². The van der Waals surface area contributed by atoms with Crippen LogP contribution in [0.15, 0.2) is 53.4 Å². The number of anilines is 1. The second-order valence-electron chi connectivity index (χ2n) is 4.03. The zero-order valence-electron chi connectivity index (χ0n) is 10.5. The average molecular weight is 289 g/mol. The van der Waals surface area contributed by atoms with Crippen LogP contribution in [0.5, 0.6) is 0 Å². The van der Waals surface area contributed by atoms with Crippen LogP contribution >= 0.6 is 11.8 Å². The summed E-state index contributed by atoms with van der Waals surface area (Å²) in [5.74, 6) is -0.378. The standard InChI is InChI=1S/C15H12FNO2S/c16-12-2-1-3-13(8-12)17-15(19)10-20-14-6-4-11(9-18)5-7-14/h1-9H,10H2,(H,17,19). The van der Waals surface area contributed by atoms with Gasteiger partial charge in [-0.1, -0.05) is 18.2 Å². The number of thioether (sulfide) groups is 1. The average Bonchev–Trinajstić information content (AvgIpc) is 2.46. The summed E-state index contributed by atoms with van der Waals surface area (Å²) in [4.78, 5) is 23.1. The Balaban J connectivity index is 1.87. The highest BCUT2D eigenvalue weighted by atomic mass is 32.2. The molecule has 2 rings (SSSR count). The van der Waals surface area contributed by atoms with Crippen LogP contribution in [0.1, 0.15) is 10.4 Å². The number of carbonyl (C=O) groups excluding carboxylic acids is 2. The van der Waals surface area contributed by atoms with Crippen molar-refractivity contribution in [2.24, 2.45) is 0 Å². The summed E-state index contributed by atoms with van der Waals surface area (Å²) < 4.78 is 13.0. The Morgan fingerprint density at radius 3 is 2.60 bits per heavy atom. The number of carbonyl (C=O) groups is 2. The van der Waals surface area contributed by atoms with Crippen molar-refractivity contribution in [3.05, 3.63) is 59.9 Å². The second-order valence-corrected chi connectivity index (χ2v) is 5.08. The summed E-state index contributed by atoms with van der Waals surface area (Å²) in [6.45, 7) is 0. The van der Waals surface area contributed by atoms with Crippen molar-refractivity contribution >= 4 is 29.6 Å². The van der Waals surface area contributed by atoms with Crippen LogP contribution < -0.4 is 5.32 Å². The molecule has 0 aliphatic rings. The van der Waals surface area contributed by atoms with Gasteiger partial charge in [0.2, 0.25) is 5.91 Å². The first kappa shape index (κ1) is 14.3. The Labute approximate surface area is 120 Å². The molecule has 0 aliphatic carbocycles. The number of hydrogen-bond donors (Lipinski definition) is 1. The van der Waals surface area contributed by atoms with Gasteiger partial charge in [-0.2, -0.15) is 0 Å². The number of amides is 1. The molecular weight excluding hydrogens is 277 g/mol. The van der Waals surface area contributed by atoms with Gasteiger partial charge in [0.15, 0.2) is 0 Å². The maximum Gasteiger partial charge on any atom is 0.234 e. The van der Waals surface area contributed by atoms with Crippen molar-refractivity contribution in [2.45, 2.75) is 4.90 Å². The van der Waals surface area contributed by atoms with E-state index >= 15 is 0 Å². The van der Waals surface area contributed by atoms with Crippen molar-refractivity contribution in [1.29, 1.82) is 0 Å². The predicted octanol–water partition coefficient (Wildman–Crippen LogP) is 3.37. The van der Waals surface area contributed by atoms with E-state index < -0.39 is 0 Å². The van der Waals surface area contributed by atoms with Crippen molar-refractivity contribution in [3.8, 4) is 0 Å².